The maximum Gasteiger partial charge on any atom is 0.215 e. The highest BCUT2D eigenvalue weighted by Crippen LogP contribution is 2.26. The number of halogens is 1. The summed E-state index contributed by atoms with van der Waals surface area (Å²) < 4.78 is 40.7. The van der Waals surface area contributed by atoms with Crippen molar-refractivity contribution in [2.24, 2.45) is 0 Å². The summed E-state index contributed by atoms with van der Waals surface area (Å²) in [5.41, 5.74) is 1.68. The van der Waals surface area contributed by atoms with Gasteiger partial charge in [-0.05, 0) is 29.7 Å². The molecule has 1 saturated heterocycles. The highest BCUT2D eigenvalue weighted by Gasteiger charge is 2.33. The van der Waals surface area contributed by atoms with Crippen LogP contribution in [-0.2, 0) is 16.4 Å². The van der Waals surface area contributed by atoms with E-state index >= 15 is 0 Å². The van der Waals surface area contributed by atoms with Crippen LogP contribution in [-0.4, -0.2) is 38.1 Å². The third-order valence-electron chi connectivity index (χ3n) is 4.28. The molecule has 1 fully saturated rings. The Hall–Kier alpha value is -1.76. The highest BCUT2D eigenvalue weighted by molar-refractivity contribution is 7.89. The molecular formula is C18H21FN2O2S. The normalized spacial score (nSPS) is 19.3. The Morgan fingerprint density at radius 2 is 1.92 bits per heavy atom. The molecule has 1 N–H and O–H groups in total. The Kier molecular flexibility index (Phi) is 5.28. The van der Waals surface area contributed by atoms with E-state index in [1.807, 2.05) is 30.3 Å². The van der Waals surface area contributed by atoms with Crippen molar-refractivity contribution in [1.82, 2.24) is 9.62 Å². The van der Waals surface area contributed by atoms with Crippen molar-refractivity contribution in [3.05, 3.63) is 71.5 Å². The van der Waals surface area contributed by atoms with E-state index in [1.165, 1.54) is 16.4 Å². The summed E-state index contributed by atoms with van der Waals surface area (Å²) in [7, 11) is -3.42. The van der Waals surface area contributed by atoms with E-state index in [-0.39, 0.29) is 17.6 Å². The molecule has 0 saturated carbocycles. The molecule has 4 nitrogen and oxygen atoms in total. The van der Waals surface area contributed by atoms with Gasteiger partial charge in [-0.2, -0.15) is 4.31 Å². The molecule has 0 aliphatic carbocycles. The number of hydrogen-bond donors (Lipinski definition) is 1. The Bertz CT molecular complexity index is 781. The van der Waals surface area contributed by atoms with Gasteiger partial charge in [0.15, 0.2) is 0 Å². The first-order valence-electron chi connectivity index (χ1n) is 8.06. The lowest BCUT2D eigenvalue weighted by Gasteiger charge is -2.35. The van der Waals surface area contributed by atoms with Crippen LogP contribution in [0.5, 0.6) is 0 Å². The van der Waals surface area contributed by atoms with Gasteiger partial charge in [0.05, 0.1) is 11.8 Å². The summed E-state index contributed by atoms with van der Waals surface area (Å²) in [6.07, 6.45) is 0.475. The molecule has 24 heavy (non-hydrogen) atoms. The molecule has 0 spiro atoms. The first-order valence-corrected chi connectivity index (χ1v) is 9.67. The molecule has 2 aromatic rings. The average Bonchev–Trinajstić information content (AvgIpc) is 2.61. The van der Waals surface area contributed by atoms with Gasteiger partial charge in [0, 0.05) is 19.6 Å². The van der Waals surface area contributed by atoms with Gasteiger partial charge in [0.1, 0.15) is 5.82 Å². The quantitative estimate of drug-likeness (QED) is 0.902. The second-order valence-electron chi connectivity index (χ2n) is 5.94. The number of hydrogen-bond acceptors (Lipinski definition) is 3. The lowest BCUT2D eigenvalue weighted by molar-refractivity contribution is 0.271. The SMILES string of the molecule is O=S(=O)(CCc1ccccc1)N1CCNCC1c1cccc(F)c1. The molecule has 0 amide bonds. The van der Waals surface area contributed by atoms with Crippen molar-refractivity contribution in [3.63, 3.8) is 0 Å². The third kappa shape index (κ3) is 4.01. The van der Waals surface area contributed by atoms with Gasteiger partial charge in [0.2, 0.25) is 10.0 Å². The molecule has 0 aromatic heterocycles. The summed E-state index contributed by atoms with van der Waals surface area (Å²) in [6, 6.07) is 15.4. The summed E-state index contributed by atoms with van der Waals surface area (Å²) >= 11 is 0. The summed E-state index contributed by atoms with van der Waals surface area (Å²) in [4.78, 5) is 0. The molecule has 3 rings (SSSR count). The third-order valence-corrected chi connectivity index (χ3v) is 6.15. The molecule has 1 unspecified atom stereocenters. The summed E-state index contributed by atoms with van der Waals surface area (Å²) in [5.74, 6) is -0.289. The van der Waals surface area contributed by atoms with Crippen molar-refractivity contribution in [1.29, 1.82) is 0 Å². The highest BCUT2D eigenvalue weighted by atomic mass is 32.2. The topological polar surface area (TPSA) is 49.4 Å². The fourth-order valence-electron chi connectivity index (χ4n) is 3.03. The lowest BCUT2D eigenvalue weighted by atomic mass is 10.1. The minimum Gasteiger partial charge on any atom is -0.313 e. The van der Waals surface area contributed by atoms with Crippen LogP contribution in [0.1, 0.15) is 17.2 Å². The second-order valence-corrected chi connectivity index (χ2v) is 7.98. The van der Waals surface area contributed by atoms with E-state index in [9.17, 15) is 12.8 Å². The molecule has 1 atom stereocenters. The van der Waals surface area contributed by atoms with E-state index < -0.39 is 10.0 Å². The van der Waals surface area contributed by atoms with Crippen LogP contribution in [0.3, 0.4) is 0 Å². The molecular weight excluding hydrogens is 327 g/mol. The van der Waals surface area contributed by atoms with Crippen molar-refractivity contribution in [2.45, 2.75) is 12.5 Å². The first kappa shape index (κ1) is 17.1. The zero-order valence-electron chi connectivity index (χ0n) is 13.4. The summed E-state index contributed by atoms with van der Waals surface area (Å²) in [6.45, 7) is 1.50. The largest absolute Gasteiger partial charge is 0.313 e. The predicted molar refractivity (Wildman–Crippen MR) is 92.6 cm³/mol. The van der Waals surface area contributed by atoms with Gasteiger partial charge in [-0.15, -0.1) is 0 Å². The van der Waals surface area contributed by atoms with E-state index in [1.54, 1.807) is 12.1 Å². The number of rotatable bonds is 5. The zero-order valence-corrected chi connectivity index (χ0v) is 14.2. The Balaban J connectivity index is 1.78. The van der Waals surface area contributed by atoms with Crippen LogP contribution in [0.25, 0.3) is 0 Å². The van der Waals surface area contributed by atoms with Gasteiger partial charge in [-0.25, -0.2) is 12.8 Å². The second kappa shape index (κ2) is 7.42. The molecule has 6 heteroatoms. The number of aryl methyl sites for hydroxylation is 1. The molecule has 0 bridgehead atoms. The number of benzene rings is 2. The lowest BCUT2D eigenvalue weighted by Crippen LogP contribution is -2.49. The molecule has 1 aliphatic rings. The first-order chi connectivity index (χ1) is 11.6. The van der Waals surface area contributed by atoms with Crippen LogP contribution in [0.2, 0.25) is 0 Å². The predicted octanol–water partition coefficient (Wildman–Crippen LogP) is 2.34. The fourth-order valence-corrected chi connectivity index (χ4v) is 4.71. The molecule has 1 aliphatic heterocycles. The molecule has 0 radical (unpaired) electrons. The Morgan fingerprint density at radius 3 is 2.67 bits per heavy atom. The summed E-state index contributed by atoms with van der Waals surface area (Å²) in [5, 5.41) is 3.20. The minimum absolute atomic E-state index is 0.0584. The van der Waals surface area contributed by atoms with Gasteiger partial charge < -0.3 is 5.32 Å². The Morgan fingerprint density at radius 1 is 1.12 bits per heavy atom. The minimum atomic E-state index is -3.42. The van der Waals surface area contributed by atoms with E-state index in [0.717, 1.165) is 5.56 Å². The number of sulfonamides is 1. The van der Waals surface area contributed by atoms with Crippen molar-refractivity contribution in [3.8, 4) is 0 Å². The molecule has 1 heterocycles. The fraction of sp³-hybridized carbons (Fsp3) is 0.333. The number of piperazine rings is 1. The van der Waals surface area contributed by atoms with Crippen LogP contribution in [0, 0.1) is 5.82 Å². The average molecular weight is 348 g/mol. The van der Waals surface area contributed by atoms with Crippen molar-refractivity contribution < 1.29 is 12.8 Å². The monoisotopic (exact) mass is 348 g/mol. The number of nitrogens with one attached hydrogen (secondary N) is 1. The van der Waals surface area contributed by atoms with E-state index in [4.69, 9.17) is 0 Å². The van der Waals surface area contributed by atoms with Gasteiger partial charge in [-0.1, -0.05) is 42.5 Å². The molecule has 2 aromatic carbocycles. The maximum atomic E-state index is 13.5. The van der Waals surface area contributed by atoms with Crippen LogP contribution >= 0.6 is 0 Å². The van der Waals surface area contributed by atoms with Crippen LogP contribution in [0.4, 0.5) is 4.39 Å². The standard InChI is InChI=1S/C18H21FN2O2S/c19-17-8-4-7-16(13-17)18-14-20-10-11-21(18)24(22,23)12-9-15-5-2-1-3-6-15/h1-8,13,18,20H,9-12,14H2. The van der Waals surface area contributed by atoms with Crippen molar-refractivity contribution >= 4 is 10.0 Å². The maximum absolute atomic E-state index is 13.5. The van der Waals surface area contributed by atoms with Gasteiger partial charge >= 0.3 is 0 Å². The smallest absolute Gasteiger partial charge is 0.215 e. The van der Waals surface area contributed by atoms with Gasteiger partial charge in [-0.3, -0.25) is 0 Å². The number of nitrogens with zero attached hydrogens (tertiary/aromatic N) is 1. The van der Waals surface area contributed by atoms with Crippen molar-refractivity contribution in [2.75, 3.05) is 25.4 Å². The molecule has 128 valence electrons. The van der Waals surface area contributed by atoms with Gasteiger partial charge in [0.25, 0.3) is 0 Å². The Labute approximate surface area is 142 Å². The van der Waals surface area contributed by atoms with E-state index in [2.05, 4.69) is 5.32 Å². The van der Waals surface area contributed by atoms with Crippen LogP contribution in [0.15, 0.2) is 54.6 Å². The van der Waals surface area contributed by atoms with Crippen LogP contribution < -0.4 is 5.32 Å². The van der Waals surface area contributed by atoms with E-state index in [0.29, 0.717) is 31.6 Å². The zero-order chi connectivity index (χ0) is 17.0.